The van der Waals surface area contributed by atoms with Crippen molar-refractivity contribution in [2.45, 2.75) is 6.92 Å². The van der Waals surface area contributed by atoms with Gasteiger partial charge in [-0.15, -0.1) is 0 Å². The molecule has 18 heavy (non-hydrogen) atoms. The number of nitrogens with one attached hydrogen (secondary N) is 2. The van der Waals surface area contributed by atoms with E-state index in [9.17, 15) is 4.79 Å². The van der Waals surface area contributed by atoms with E-state index in [0.717, 1.165) is 5.69 Å². The van der Waals surface area contributed by atoms with Crippen LogP contribution in [-0.4, -0.2) is 23.2 Å². The molecule has 2 rings (SSSR count). The molecule has 0 spiro atoms. The molecule has 2 aromatic rings. The molecule has 1 heterocycles. The Balaban J connectivity index is 2.18. The number of nitrogens with two attached hydrogens (primary N) is 1. The second kappa shape index (κ2) is 4.79. The van der Waals surface area contributed by atoms with Gasteiger partial charge in [-0.1, -0.05) is 0 Å². The Kier molecular flexibility index (Phi) is 3.18. The van der Waals surface area contributed by atoms with Crippen molar-refractivity contribution in [3.05, 3.63) is 35.5 Å². The number of H-pyrrole nitrogens is 1. The molecule has 1 aromatic carbocycles. The minimum absolute atomic E-state index is 0.264. The summed E-state index contributed by atoms with van der Waals surface area (Å²) in [6, 6.07) is 6.59. The molecule has 0 saturated heterocycles. The lowest BCUT2D eigenvalue weighted by Crippen LogP contribution is -2.12. The summed E-state index contributed by atoms with van der Waals surface area (Å²) in [5.41, 5.74) is 7.51. The Morgan fingerprint density at radius 2 is 2.22 bits per heavy atom. The van der Waals surface area contributed by atoms with Crippen LogP contribution in [-0.2, 0) is 0 Å². The summed E-state index contributed by atoms with van der Waals surface area (Å²) in [6.07, 6.45) is 0. The number of nitrogen functional groups attached to an aromatic ring is 1. The number of carbonyl (C=O) groups is 1. The molecule has 6 heteroatoms. The molecule has 4 N–H and O–H groups in total. The van der Waals surface area contributed by atoms with E-state index in [2.05, 4.69) is 15.5 Å². The third kappa shape index (κ3) is 2.42. The van der Waals surface area contributed by atoms with Crippen LogP contribution in [0.4, 0.5) is 11.5 Å². The number of rotatable bonds is 3. The largest absolute Gasteiger partial charge is 0.495 e. The maximum Gasteiger partial charge on any atom is 0.257 e. The van der Waals surface area contributed by atoms with Gasteiger partial charge in [-0.3, -0.25) is 9.89 Å². The third-order valence-corrected chi connectivity index (χ3v) is 2.44. The maximum atomic E-state index is 11.9. The fraction of sp³-hybridized carbons (Fsp3) is 0.167. The first kappa shape index (κ1) is 12.0. The smallest absolute Gasteiger partial charge is 0.257 e. The van der Waals surface area contributed by atoms with Crippen LogP contribution >= 0.6 is 0 Å². The number of amides is 1. The van der Waals surface area contributed by atoms with Crippen LogP contribution in [0.1, 0.15) is 16.1 Å². The minimum atomic E-state index is -0.264. The van der Waals surface area contributed by atoms with Crippen LogP contribution in [0, 0.1) is 6.92 Å². The molecular formula is C12H14N4O2. The quantitative estimate of drug-likeness (QED) is 0.716. The number of carbonyl (C=O) groups excluding carboxylic acids is 1. The summed E-state index contributed by atoms with van der Waals surface area (Å²) in [5, 5.41) is 9.35. The van der Waals surface area contributed by atoms with Crippen molar-refractivity contribution in [2.24, 2.45) is 0 Å². The van der Waals surface area contributed by atoms with Crippen LogP contribution in [0.25, 0.3) is 0 Å². The molecular weight excluding hydrogens is 232 g/mol. The van der Waals surface area contributed by atoms with E-state index in [1.807, 2.05) is 6.92 Å². The normalized spacial score (nSPS) is 10.1. The molecule has 0 aliphatic carbocycles. The molecule has 6 nitrogen and oxygen atoms in total. The molecule has 94 valence electrons. The van der Waals surface area contributed by atoms with Crippen molar-refractivity contribution in [3.8, 4) is 5.75 Å². The predicted molar refractivity (Wildman–Crippen MR) is 68.7 cm³/mol. The lowest BCUT2D eigenvalue weighted by molar-refractivity contribution is 0.102. The van der Waals surface area contributed by atoms with Gasteiger partial charge in [0.15, 0.2) is 5.82 Å². The molecule has 0 unspecified atom stereocenters. The number of anilines is 2. The van der Waals surface area contributed by atoms with Gasteiger partial charge in [0.05, 0.1) is 12.8 Å². The number of aromatic amines is 1. The third-order valence-electron chi connectivity index (χ3n) is 2.44. The van der Waals surface area contributed by atoms with Gasteiger partial charge in [0.25, 0.3) is 5.91 Å². The highest BCUT2D eigenvalue weighted by atomic mass is 16.5. The fourth-order valence-corrected chi connectivity index (χ4v) is 1.52. The second-order valence-corrected chi connectivity index (χ2v) is 3.85. The van der Waals surface area contributed by atoms with Crippen LogP contribution < -0.4 is 15.8 Å². The molecule has 0 aliphatic rings. The number of hydrogen-bond acceptors (Lipinski definition) is 4. The van der Waals surface area contributed by atoms with Crippen molar-refractivity contribution >= 4 is 17.4 Å². The second-order valence-electron chi connectivity index (χ2n) is 3.85. The van der Waals surface area contributed by atoms with Crippen molar-refractivity contribution in [1.82, 2.24) is 10.2 Å². The zero-order valence-electron chi connectivity index (χ0n) is 10.2. The van der Waals surface area contributed by atoms with Crippen LogP contribution in [0.2, 0.25) is 0 Å². The van der Waals surface area contributed by atoms with Crippen molar-refractivity contribution in [3.63, 3.8) is 0 Å². The lowest BCUT2D eigenvalue weighted by atomic mass is 10.2. The monoisotopic (exact) mass is 246 g/mol. The Hall–Kier alpha value is -2.50. The Morgan fingerprint density at radius 3 is 2.83 bits per heavy atom. The molecule has 0 atom stereocenters. The number of hydrogen-bond donors (Lipinski definition) is 3. The van der Waals surface area contributed by atoms with Gasteiger partial charge in [0.1, 0.15) is 5.75 Å². The van der Waals surface area contributed by atoms with E-state index in [1.165, 1.54) is 7.11 Å². The predicted octanol–water partition coefficient (Wildman–Crippen LogP) is 1.56. The first-order valence-corrected chi connectivity index (χ1v) is 5.37. The van der Waals surface area contributed by atoms with E-state index in [4.69, 9.17) is 10.5 Å². The van der Waals surface area contributed by atoms with Gasteiger partial charge in [0, 0.05) is 17.3 Å². The number of methoxy groups -OCH3 is 1. The van der Waals surface area contributed by atoms with Gasteiger partial charge in [-0.2, -0.15) is 5.10 Å². The van der Waals surface area contributed by atoms with E-state index in [0.29, 0.717) is 22.8 Å². The zero-order valence-corrected chi connectivity index (χ0v) is 10.2. The zero-order chi connectivity index (χ0) is 13.1. The van der Waals surface area contributed by atoms with Crippen molar-refractivity contribution < 1.29 is 9.53 Å². The Bertz CT molecular complexity index is 577. The molecule has 0 radical (unpaired) electrons. The molecule has 0 aliphatic heterocycles. The van der Waals surface area contributed by atoms with Gasteiger partial charge in [0.2, 0.25) is 0 Å². The standard InChI is InChI=1S/C12H14N4O2/c1-7-5-11(16-15-7)14-12(17)8-3-4-9(13)10(6-8)18-2/h3-6H,13H2,1-2H3,(H2,14,15,16,17). The highest BCUT2D eigenvalue weighted by Crippen LogP contribution is 2.22. The average molecular weight is 246 g/mol. The van der Waals surface area contributed by atoms with Crippen LogP contribution in [0.5, 0.6) is 5.75 Å². The van der Waals surface area contributed by atoms with Crippen LogP contribution in [0.15, 0.2) is 24.3 Å². The first-order valence-electron chi connectivity index (χ1n) is 5.37. The Morgan fingerprint density at radius 1 is 1.44 bits per heavy atom. The summed E-state index contributed by atoms with van der Waals surface area (Å²) in [5.74, 6) is 0.689. The van der Waals surface area contributed by atoms with Gasteiger partial charge in [-0.05, 0) is 25.1 Å². The minimum Gasteiger partial charge on any atom is -0.495 e. The topological polar surface area (TPSA) is 93.0 Å². The molecule has 0 saturated carbocycles. The lowest BCUT2D eigenvalue weighted by Gasteiger charge is -2.07. The average Bonchev–Trinajstić information content (AvgIpc) is 2.75. The highest BCUT2D eigenvalue weighted by Gasteiger charge is 2.10. The van der Waals surface area contributed by atoms with E-state index in [1.54, 1.807) is 24.3 Å². The van der Waals surface area contributed by atoms with Crippen molar-refractivity contribution in [1.29, 1.82) is 0 Å². The molecule has 0 fully saturated rings. The fourth-order valence-electron chi connectivity index (χ4n) is 1.52. The highest BCUT2D eigenvalue weighted by molar-refractivity contribution is 6.04. The number of aryl methyl sites for hydroxylation is 1. The summed E-state index contributed by atoms with van der Waals surface area (Å²) in [7, 11) is 1.50. The maximum absolute atomic E-state index is 11.9. The van der Waals surface area contributed by atoms with E-state index < -0.39 is 0 Å². The summed E-state index contributed by atoms with van der Waals surface area (Å²) >= 11 is 0. The molecule has 0 bridgehead atoms. The van der Waals surface area contributed by atoms with Crippen LogP contribution in [0.3, 0.4) is 0 Å². The van der Waals surface area contributed by atoms with Gasteiger partial charge >= 0.3 is 0 Å². The number of ether oxygens (including phenoxy) is 1. The number of benzene rings is 1. The summed E-state index contributed by atoms with van der Waals surface area (Å²) in [4.78, 5) is 11.9. The first-order chi connectivity index (χ1) is 8.60. The molecule has 1 aromatic heterocycles. The number of nitrogens with zero attached hydrogens (tertiary/aromatic N) is 1. The Labute approximate surface area is 104 Å². The van der Waals surface area contributed by atoms with E-state index >= 15 is 0 Å². The number of aromatic nitrogens is 2. The summed E-state index contributed by atoms with van der Waals surface area (Å²) < 4.78 is 5.06. The SMILES string of the molecule is COc1cc(C(=O)Nc2cc(C)[nH]n2)ccc1N. The van der Waals surface area contributed by atoms with Gasteiger partial charge < -0.3 is 15.8 Å². The van der Waals surface area contributed by atoms with E-state index in [-0.39, 0.29) is 5.91 Å². The molecule has 1 amide bonds. The van der Waals surface area contributed by atoms with Gasteiger partial charge in [-0.25, -0.2) is 0 Å². The summed E-state index contributed by atoms with van der Waals surface area (Å²) in [6.45, 7) is 1.86. The van der Waals surface area contributed by atoms with Crippen molar-refractivity contribution in [2.75, 3.05) is 18.2 Å².